The molecule has 2 saturated heterocycles. The summed E-state index contributed by atoms with van der Waals surface area (Å²) in [6.07, 6.45) is 5.06. The summed E-state index contributed by atoms with van der Waals surface area (Å²) in [4.78, 5) is 7.61. The van der Waals surface area contributed by atoms with Crippen molar-refractivity contribution in [2.45, 2.75) is 52.0 Å². The standard InChI is InChI=1S/C19H38N4OS/c1-4-20-18(21-9-6-5-7-17(2)3)22-15-19(8-14-25-16-19)23-10-12-24-13-11-23/h17H,4-16H2,1-3H3,(H2,20,21,22). The predicted molar refractivity (Wildman–Crippen MR) is 110 cm³/mol. The summed E-state index contributed by atoms with van der Waals surface area (Å²) < 4.78 is 5.55. The van der Waals surface area contributed by atoms with Crippen LogP contribution in [0.3, 0.4) is 0 Å². The number of nitrogens with zero attached hydrogens (tertiary/aromatic N) is 2. The average molecular weight is 371 g/mol. The van der Waals surface area contributed by atoms with E-state index < -0.39 is 0 Å². The summed E-state index contributed by atoms with van der Waals surface area (Å²) in [5, 5.41) is 6.94. The molecular formula is C19H38N4OS. The molecule has 1 atom stereocenters. The van der Waals surface area contributed by atoms with Gasteiger partial charge in [0, 0.05) is 31.9 Å². The van der Waals surface area contributed by atoms with Crippen molar-refractivity contribution in [2.75, 3.05) is 57.4 Å². The molecule has 2 N–H and O–H groups in total. The Labute approximate surface area is 158 Å². The van der Waals surface area contributed by atoms with Crippen LogP contribution in [-0.4, -0.2) is 73.8 Å². The van der Waals surface area contributed by atoms with Crippen LogP contribution in [-0.2, 0) is 4.74 Å². The summed E-state index contributed by atoms with van der Waals surface area (Å²) in [5.74, 6) is 4.24. The number of morpholine rings is 1. The number of nitrogens with one attached hydrogen (secondary N) is 2. The maximum absolute atomic E-state index is 5.55. The number of aliphatic imine (C=N–C) groups is 1. The van der Waals surface area contributed by atoms with Crippen LogP contribution in [0.4, 0.5) is 0 Å². The number of rotatable bonds is 9. The normalized spacial score (nSPS) is 25.5. The van der Waals surface area contributed by atoms with Crippen LogP contribution in [0.5, 0.6) is 0 Å². The van der Waals surface area contributed by atoms with Crippen LogP contribution >= 0.6 is 11.8 Å². The van der Waals surface area contributed by atoms with E-state index >= 15 is 0 Å². The van der Waals surface area contributed by atoms with E-state index in [1.807, 2.05) is 0 Å². The highest BCUT2D eigenvalue weighted by Crippen LogP contribution is 2.34. The van der Waals surface area contributed by atoms with E-state index in [9.17, 15) is 0 Å². The number of ether oxygens (including phenoxy) is 1. The zero-order valence-electron chi connectivity index (χ0n) is 16.5. The molecule has 0 spiro atoms. The lowest BCUT2D eigenvalue weighted by Crippen LogP contribution is -2.56. The Morgan fingerprint density at radius 2 is 2.04 bits per heavy atom. The van der Waals surface area contributed by atoms with E-state index in [1.54, 1.807) is 0 Å². The molecule has 0 aromatic heterocycles. The lowest BCUT2D eigenvalue weighted by molar-refractivity contribution is -0.0104. The molecule has 2 aliphatic heterocycles. The van der Waals surface area contributed by atoms with Crippen molar-refractivity contribution >= 4 is 17.7 Å². The minimum absolute atomic E-state index is 0.231. The third-order valence-electron chi connectivity index (χ3n) is 5.14. The highest BCUT2D eigenvalue weighted by Gasteiger charge is 2.40. The molecule has 1 unspecified atom stereocenters. The second-order valence-corrected chi connectivity index (χ2v) is 8.74. The first-order chi connectivity index (χ1) is 12.2. The molecule has 0 saturated carbocycles. The van der Waals surface area contributed by atoms with Crippen LogP contribution in [0.15, 0.2) is 4.99 Å². The molecule has 2 aliphatic rings. The second-order valence-electron chi connectivity index (χ2n) is 7.64. The summed E-state index contributed by atoms with van der Waals surface area (Å²) in [6, 6.07) is 0. The highest BCUT2D eigenvalue weighted by atomic mass is 32.2. The molecular weight excluding hydrogens is 332 g/mol. The molecule has 5 nitrogen and oxygen atoms in total. The average Bonchev–Trinajstić information content (AvgIpc) is 3.10. The van der Waals surface area contributed by atoms with E-state index in [-0.39, 0.29) is 5.54 Å². The maximum atomic E-state index is 5.55. The van der Waals surface area contributed by atoms with Crippen molar-refractivity contribution in [3.8, 4) is 0 Å². The molecule has 146 valence electrons. The number of hydrogen-bond donors (Lipinski definition) is 2. The predicted octanol–water partition coefficient (Wildman–Crippen LogP) is 2.58. The quantitative estimate of drug-likeness (QED) is 0.371. The molecule has 0 aromatic rings. The van der Waals surface area contributed by atoms with Gasteiger partial charge in [-0.2, -0.15) is 11.8 Å². The van der Waals surface area contributed by atoms with Crippen molar-refractivity contribution in [3.05, 3.63) is 0 Å². The summed E-state index contributed by atoms with van der Waals surface area (Å²) >= 11 is 2.07. The Morgan fingerprint density at radius 1 is 1.24 bits per heavy atom. The maximum Gasteiger partial charge on any atom is 0.191 e. The smallest absolute Gasteiger partial charge is 0.191 e. The first kappa shape index (κ1) is 20.8. The summed E-state index contributed by atoms with van der Waals surface area (Å²) in [5.41, 5.74) is 0.231. The number of guanidine groups is 1. The first-order valence-corrected chi connectivity index (χ1v) is 11.2. The van der Waals surface area contributed by atoms with Gasteiger partial charge in [0.1, 0.15) is 0 Å². The lowest BCUT2D eigenvalue weighted by atomic mass is 9.96. The van der Waals surface area contributed by atoms with Gasteiger partial charge in [0.05, 0.1) is 25.3 Å². The van der Waals surface area contributed by atoms with E-state index in [1.165, 1.54) is 37.2 Å². The summed E-state index contributed by atoms with van der Waals surface area (Å²) in [7, 11) is 0. The number of unbranched alkanes of at least 4 members (excludes halogenated alkanes) is 1. The van der Waals surface area contributed by atoms with Gasteiger partial charge in [-0.05, 0) is 31.4 Å². The van der Waals surface area contributed by atoms with Crippen molar-refractivity contribution in [2.24, 2.45) is 10.9 Å². The van der Waals surface area contributed by atoms with Gasteiger partial charge in [0.2, 0.25) is 0 Å². The van der Waals surface area contributed by atoms with E-state index in [2.05, 4.69) is 48.1 Å². The molecule has 0 aliphatic carbocycles. The van der Waals surface area contributed by atoms with E-state index in [4.69, 9.17) is 9.73 Å². The van der Waals surface area contributed by atoms with E-state index in [0.29, 0.717) is 0 Å². The molecule has 2 rings (SSSR count). The minimum atomic E-state index is 0.231. The lowest BCUT2D eigenvalue weighted by Gasteiger charge is -2.42. The van der Waals surface area contributed by atoms with Crippen molar-refractivity contribution < 1.29 is 4.74 Å². The van der Waals surface area contributed by atoms with Crippen LogP contribution < -0.4 is 10.6 Å². The topological polar surface area (TPSA) is 48.9 Å². The zero-order chi connectivity index (χ0) is 18.0. The third kappa shape index (κ3) is 6.99. The van der Waals surface area contributed by atoms with Gasteiger partial charge in [-0.1, -0.05) is 26.7 Å². The number of hydrogen-bond acceptors (Lipinski definition) is 4. The van der Waals surface area contributed by atoms with Gasteiger partial charge in [0.25, 0.3) is 0 Å². The minimum Gasteiger partial charge on any atom is -0.379 e. The highest BCUT2D eigenvalue weighted by molar-refractivity contribution is 7.99. The molecule has 0 aromatic carbocycles. The molecule has 0 amide bonds. The van der Waals surface area contributed by atoms with Gasteiger partial charge in [-0.15, -0.1) is 0 Å². The van der Waals surface area contributed by atoms with Crippen LogP contribution in [0.25, 0.3) is 0 Å². The molecule has 2 heterocycles. The first-order valence-electron chi connectivity index (χ1n) is 10.1. The zero-order valence-corrected chi connectivity index (χ0v) is 17.3. The van der Waals surface area contributed by atoms with Gasteiger partial charge in [-0.3, -0.25) is 9.89 Å². The molecule has 0 bridgehead atoms. The fourth-order valence-electron chi connectivity index (χ4n) is 3.56. The SMILES string of the molecule is CCNC(=NCC1(N2CCOCC2)CCSC1)NCCCCC(C)C. The summed E-state index contributed by atoms with van der Waals surface area (Å²) in [6.45, 7) is 13.4. The molecule has 6 heteroatoms. The molecule has 25 heavy (non-hydrogen) atoms. The van der Waals surface area contributed by atoms with Gasteiger partial charge in [-0.25, -0.2) is 0 Å². The fraction of sp³-hybridized carbons (Fsp3) is 0.947. The Morgan fingerprint density at radius 3 is 2.68 bits per heavy atom. The van der Waals surface area contributed by atoms with Gasteiger partial charge < -0.3 is 15.4 Å². The Kier molecular flexibility index (Phi) is 9.42. The van der Waals surface area contributed by atoms with Crippen LogP contribution in [0.1, 0.15) is 46.5 Å². The second kappa shape index (κ2) is 11.3. The Balaban J connectivity index is 1.86. The van der Waals surface area contributed by atoms with Crippen LogP contribution in [0, 0.1) is 5.92 Å². The van der Waals surface area contributed by atoms with Gasteiger partial charge in [0.15, 0.2) is 5.96 Å². The Hall–Kier alpha value is -0.460. The monoisotopic (exact) mass is 370 g/mol. The van der Waals surface area contributed by atoms with Crippen molar-refractivity contribution in [1.82, 2.24) is 15.5 Å². The largest absolute Gasteiger partial charge is 0.379 e. The number of thioether (sulfide) groups is 1. The fourth-order valence-corrected chi connectivity index (χ4v) is 5.03. The van der Waals surface area contributed by atoms with Crippen LogP contribution in [0.2, 0.25) is 0 Å². The Bertz CT molecular complexity index is 391. The molecule has 0 radical (unpaired) electrons. The van der Waals surface area contributed by atoms with E-state index in [0.717, 1.165) is 57.8 Å². The third-order valence-corrected chi connectivity index (χ3v) is 6.38. The molecule has 2 fully saturated rings. The van der Waals surface area contributed by atoms with Crippen molar-refractivity contribution in [1.29, 1.82) is 0 Å². The van der Waals surface area contributed by atoms with Gasteiger partial charge >= 0.3 is 0 Å². The van der Waals surface area contributed by atoms with Crippen molar-refractivity contribution in [3.63, 3.8) is 0 Å².